The molecule has 0 heterocycles. The van der Waals surface area contributed by atoms with Gasteiger partial charge in [0.1, 0.15) is 0 Å². The lowest BCUT2D eigenvalue weighted by molar-refractivity contribution is -0.119. The zero-order chi connectivity index (χ0) is 10.8. The van der Waals surface area contributed by atoms with E-state index in [4.69, 9.17) is 0 Å². The van der Waals surface area contributed by atoms with Crippen LogP contribution in [0.2, 0.25) is 0 Å². The van der Waals surface area contributed by atoms with E-state index < -0.39 is 0 Å². The minimum atomic E-state index is 0.00763. The Bertz CT molecular complexity index is 212. The highest BCUT2D eigenvalue weighted by molar-refractivity contribution is 5.73. The number of carbonyl (C=O) groups is 1. The number of carbonyl (C=O) groups excluding carboxylic acids is 1. The summed E-state index contributed by atoms with van der Waals surface area (Å²) in [5.74, 6) is 6.22. The predicted molar refractivity (Wildman–Crippen MR) is 59.8 cm³/mol. The summed E-state index contributed by atoms with van der Waals surface area (Å²) >= 11 is 0. The van der Waals surface area contributed by atoms with Crippen molar-refractivity contribution >= 4 is 5.91 Å². The molecule has 0 aromatic rings. The van der Waals surface area contributed by atoms with Crippen LogP contribution in [0, 0.1) is 11.8 Å². The number of hydrogen-bond acceptors (Lipinski definition) is 1. The quantitative estimate of drug-likeness (QED) is 0.530. The van der Waals surface area contributed by atoms with Gasteiger partial charge in [-0.1, -0.05) is 32.6 Å². The summed E-state index contributed by atoms with van der Waals surface area (Å²) in [7, 11) is 0. The maximum Gasteiger partial charge on any atom is 0.217 e. The van der Waals surface area contributed by atoms with E-state index in [-0.39, 0.29) is 11.9 Å². The Morgan fingerprint density at radius 3 is 2.57 bits per heavy atom. The molecule has 2 nitrogen and oxygen atoms in total. The van der Waals surface area contributed by atoms with Crippen LogP contribution in [-0.2, 0) is 4.79 Å². The van der Waals surface area contributed by atoms with Crippen LogP contribution >= 0.6 is 0 Å². The number of hydrogen-bond donors (Lipinski definition) is 1. The van der Waals surface area contributed by atoms with Gasteiger partial charge in [-0.05, 0) is 12.8 Å². The zero-order valence-electron chi connectivity index (χ0n) is 9.52. The monoisotopic (exact) mass is 195 g/mol. The molecular weight excluding hydrogens is 174 g/mol. The highest BCUT2D eigenvalue weighted by Crippen LogP contribution is 1.96. The molecule has 0 aliphatic rings. The number of rotatable bonds is 5. The van der Waals surface area contributed by atoms with Crippen LogP contribution in [0.15, 0.2) is 0 Å². The van der Waals surface area contributed by atoms with E-state index in [1.807, 2.05) is 0 Å². The van der Waals surface area contributed by atoms with Crippen molar-refractivity contribution in [2.24, 2.45) is 0 Å². The van der Waals surface area contributed by atoms with E-state index in [1.54, 1.807) is 0 Å². The summed E-state index contributed by atoms with van der Waals surface area (Å²) in [6.07, 6.45) is 5.25. The SMILES string of the molecule is CCCCC#CC(CCC)NC(C)=O. The van der Waals surface area contributed by atoms with Gasteiger partial charge in [0, 0.05) is 13.3 Å². The molecule has 0 spiro atoms. The Hall–Kier alpha value is -0.970. The third kappa shape index (κ3) is 7.67. The maximum atomic E-state index is 10.8. The molecule has 2 heteroatoms. The van der Waals surface area contributed by atoms with Crippen molar-refractivity contribution in [1.82, 2.24) is 5.32 Å². The Balaban J connectivity index is 3.91. The first-order valence-corrected chi connectivity index (χ1v) is 5.46. The molecular formula is C12H21NO. The van der Waals surface area contributed by atoms with E-state index in [1.165, 1.54) is 13.3 Å². The van der Waals surface area contributed by atoms with Gasteiger partial charge in [-0.15, -0.1) is 5.92 Å². The first-order chi connectivity index (χ1) is 6.70. The molecule has 0 aromatic heterocycles. The molecule has 0 rings (SSSR count). The van der Waals surface area contributed by atoms with Gasteiger partial charge in [0.15, 0.2) is 0 Å². The van der Waals surface area contributed by atoms with Gasteiger partial charge in [0.25, 0.3) is 0 Å². The molecule has 1 unspecified atom stereocenters. The molecule has 14 heavy (non-hydrogen) atoms. The van der Waals surface area contributed by atoms with E-state index in [0.29, 0.717) is 0 Å². The summed E-state index contributed by atoms with van der Waals surface area (Å²) in [6, 6.07) is 0.0503. The highest BCUT2D eigenvalue weighted by Gasteiger charge is 2.03. The summed E-state index contributed by atoms with van der Waals surface area (Å²) in [4.78, 5) is 10.8. The van der Waals surface area contributed by atoms with Gasteiger partial charge >= 0.3 is 0 Å². The van der Waals surface area contributed by atoms with Crippen LogP contribution in [-0.4, -0.2) is 11.9 Å². The Labute approximate surface area is 87.5 Å². The fraction of sp³-hybridized carbons (Fsp3) is 0.750. The second-order valence-corrected chi connectivity index (χ2v) is 3.47. The van der Waals surface area contributed by atoms with Crippen molar-refractivity contribution in [1.29, 1.82) is 0 Å². The van der Waals surface area contributed by atoms with Crippen LogP contribution < -0.4 is 5.32 Å². The smallest absolute Gasteiger partial charge is 0.217 e. The van der Waals surface area contributed by atoms with Gasteiger partial charge in [-0.3, -0.25) is 4.79 Å². The lowest BCUT2D eigenvalue weighted by Gasteiger charge is -2.09. The maximum absolute atomic E-state index is 10.8. The fourth-order valence-electron chi connectivity index (χ4n) is 1.17. The second kappa shape index (κ2) is 8.62. The lowest BCUT2D eigenvalue weighted by atomic mass is 10.1. The van der Waals surface area contributed by atoms with Crippen LogP contribution in [0.4, 0.5) is 0 Å². The Morgan fingerprint density at radius 2 is 2.07 bits per heavy atom. The molecule has 1 atom stereocenters. The molecule has 0 aliphatic carbocycles. The molecule has 0 saturated carbocycles. The molecule has 0 bridgehead atoms. The second-order valence-electron chi connectivity index (χ2n) is 3.47. The standard InChI is InChI=1S/C12H21NO/c1-4-6-7-8-10-12(9-5-2)13-11(3)14/h12H,4-7,9H2,1-3H3,(H,13,14). The highest BCUT2D eigenvalue weighted by atomic mass is 16.1. The van der Waals surface area contributed by atoms with E-state index in [9.17, 15) is 4.79 Å². The first-order valence-electron chi connectivity index (χ1n) is 5.46. The van der Waals surface area contributed by atoms with Gasteiger partial charge < -0.3 is 5.32 Å². The molecule has 1 amide bonds. The van der Waals surface area contributed by atoms with E-state index >= 15 is 0 Å². The van der Waals surface area contributed by atoms with E-state index in [2.05, 4.69) is 31.0 Å². The first kappa shape index (κ1) is 13.0. The molecule has 1 N–H and O–H groups in total. The van der Waals surface area contributed by atoms with Gasteiger partial charge in [0.2, 0.25) is 5.91 Å². The number of unbranched alkanes of at least 4 members (excludes halogenated alkanes) is 2. The largest absolute Gasteiger partial charge is 0.343 e. The third-order valence-corrected chi connectivity index (χ3v) is 1.89. The topological polar surface area (TPSA) is 29.1 Å². The molecule has 80 valence electrons. The number of nitrogens with one attached hydrogen (secondary N) is 1. The van der Waals surface area contributed by atoms with Gasteiger partial charge in [0.05, 0.1) is 6.04 Å². The molecule has 0 saturated heterocycles. The average molecular weight is 195 g/mol. The minimum absolute atomic E-state index is 0.00763. The predicted octanol–water partition coefficient (Wildman–Crippen LogP) is 2.48. The van der Waals surface area contributed by atoms with Crippen LogP contribution in [0.3, 0.4) is 0 Å². The third-order valence-electron chi connectivity index (χ3n) is 1.89. The van der Waals surface area contributed by atoms with Crippen molar-refractivity contribution in [2.45, 2.75) is 58.9 Å². The van der Waals surface area contributed by atoms with Gasteiger partial charge in [-0.25, -0.2) is 0 Å². The Kier molecular flexibility index (Phi) is 8.02. The average Bonchev–Trinajstić information content (AvgIpc) is 2.12. The molecule has 0 aromatic carbocycles. The van der Waals surface area contributed by atoms with Crippen LogP contribution in [0.5, 0.6) is 0 Å². The van der Waals surface area contributed by atoms with Gasteiger partial charge in [-0.2, -0.15) is 0 Å². The molecule has 0 aliphatic heterocycles. The van der Waals surface area contributed by atoms with Crippen LogP contribution in [0.25, 0.3) is 0 Å². The number of amides is 1. The van der Waals surface area contributed by atoms with Crippen molar-refractivity contribution < 1.29 is 4.79 Å². The lowest BCUT2D eigenvalue weighted by Crippen LogP contribution is -2.31. The summed E-state index contributed by atoms with van der Waals surface area (Å²) in [5, 5.41) is 2.85. The zero-order valence-corrected chi connectivity index (χ0v) is 9.52. The Morgan fingerprint density at radius 1 is 1.36 bits per heavy atom. The van der Waals surface area contributed by atoms with Crippen molar-refractivity contribution in [3.05, 3.63) is 0 Å². The van der Waals surface area contributed by atoms with Crippen LogP contribution in [0.1, 0.15) is 52.9 Å². The summed E-state index contributed by atoms with van der Waals surface area (Å²) in [6.45, 7) is 5.79. The summed E-state index contributed by atoms with van der Waals surface area (Å²) < 4.78 is 0. The normalized spacial score (nSPS) is 11.4. The molecule has 0 radical (unpaired) electrons. The minimum Gasteiger partial charge on any atom is -0.343 e. The fourth-order valence-corrected chi connectivity index (χ4v) is 1.17. The van der Waals surface area contributed by atoms with Crippen molar-refractivity contribution in [3.8, 4) is 11.8 Å². The van der Waals surface area contributed by atoms with Crippen molar-refractivity contribution in [3.63, 3.8) is 0 Å². The molecule has 0 fully saturated rings. The van der Waals surface area contributed by atoms with E-state index in [0.717, 1.165) is 25.7 Å². The summed E-state index contributed by atoms with van der Waals surface area (Å²) in [5.41, 5.74) is 0. The van der Waals surface area contributed by atoms with Crippen molar-refractivity contribution in [2.75, 3.05) is 0 Å².